The molecular weight excluding hydrogens is 284 g/mol. The van der Waals surface area contributed by atoms with Crippen LogP contribution in [0.4, 0.5) is 5.82 Å². The van der Waals surface area contributed by atoms with Crippen LogP contribution in [-0.2, 0) is 9.47 Å². The van der Waals surface area contributed by atoms with Crippen LogP contribution >= 0.6 is 0 Å². The van der Waals surface area contributed by atoms with Crippen LogP contribution in [0.15, 0.2) is 22.9 Å². The molecule has 1 aliphatic heterocycles. The van der Waals surface area contributed by atoms with Crippen molar-refractivity contribution in [2.75, 3.05) is 31.7 Å². The number of nitrogens with one attached hydrogen (secondary N) is 1. The van der Waals surface area contributed by atoms with Gasteiger partial charge < -0.3 is 19.3 Å². The predicted octanol–water partition coefficient (Wildman–Crippen LogP) is 2.08. The van der Waals surface area contributed by atoms with Gasteiger partial charge >= 0.3 is 0 Å². The van der Waals surface area contributed by atoms with Gasteiger partial charge in [-0.25, -0.2) is 4.98 Å². The van der Waals surface area contributed by atoms with Crippen molar-refractivity contribution in [3.05, 3.63) is 24.2 Å². The van der Waals surface area contributed by atoms with Crippen molar-refractivity contribution in [3.8, 4) is 11.5 Å². The van der Waals surface area contributed by atoms with E-state index in [0.717, 1.165) is 11.4 Å². The summed E-state index contributed by atoms with van der Waals surface area (Å²) >= 11 is 0. The second kappa shape index (κ2) is 6.85. The molecule has 22 heavy (non-hydrogen) atoms. The zero-order chi connectivity index (χ0) is 15.4. The van der Waals surface area contributed by atoms with Crippen LogP contribution in [-0.4, -0.2) is 47.6 Å². The Morgan fingerprint density at radius 1 is 1.23 bits per heavy atom. The number of ether oxygens (including phenoxy) is 2. The number of hydrogen-bond acceptors (Lipinski definition) is 7. The van der Waals surface area contributed by atoms with E-state index in [4.69, 9.17) is 14.0 Å². The van der Waals surface area contributed by atoms with E-state index >= 15 is 0 Å². The van der Waals surface area contributed by atoms with Gasteiger partial charge in [0.15, 0.2) is 5.82 Å². The normalized spacial score (nSPS) is 16.7. The molecule has 0 spiro atoms. The molecule has 1 aliphatic rings. The molecule has 0 atom stereocenters. The Kier molecular flexibility index (Phi) is 4.65. The largest absolute Gasteiger partial charge is 0.377 e. The Bertz CT molecular complexity index is 606. The molecule has 3 rings (SSSR count). The summed E-state index contributed by atoms with van der Waals surface area (Å²) in [4.78, 5) is 8.72. The molecule has 0 unspecified atom stereocenters. The topological polar surface area (TPSA) is 82.3 Å². The highest BCUT2D eigenvalue weighted by molar-refractivity contribution is 5.58. The molecule has 0 radical (unpaired) electrons. The van der Waals surface area contributed by atoms with Crippen LogP contribution in [0, 0.1) is 0 Å². The maximum atomic E-state index is 5.47. The molecule has 7 nitrogen and oxygen atoms in total. The molecule has 7 heteroatoms. The van der Waals surface area contributed by atoms with E-state index in [1.165, 1.54) is 0 Å². The first-order valence-electron chi connectivity index (χ1n) is 7.44. The summed E-state index contributed by atoms with van der Waals surface area (Å²) in [7, 11) is 0. The number of rotatable bonds is 4. The third-order valence-electron chi connectivity index (χ3n) is 3.33. The lowest BCUT2D eigenvalue weighted by Gasteiger charge is -2.15. The Morgan fingerprint density at radius 3 is 2.68 bits per heavy atom. The second-order valence-corrected chi connectivity index (χ2v) is 5.53. The van der Waals surface area contributed by atoms with Crippen LogP contribution in [0.3, 0.4) is 0 Å². The third kappa shape index (κ3) is 3.61. The van der Waals surface area contributed by atoms with Gasteiger partial charge in [-0.15, -0.1) is 0 Å². The van der Waals surface area contributed by atoms with E-state index in [2.05, 4.69) is 20.4 Å². The first-order chi connectivity index (χ1) is 10.7. The van der Waals surface area contributed by atoms with Crippen LogP contribution in [0.1, 0.15) is 25.6 Å². The maximum Gasteiger partial charge on any atom is 0.258 e. The minimum Gasteiger partial charge on any atom is -0.377 e. The third-order valence-corrected chi connectivity index (χ3v) is 3.33. The molecule has 2 aromatic heterocycles. The van der Waals surface area contributed by atoms with Crippen LogP contribution in [0.2, 0.25) is 0 Å². The van der Waals surface area contributed by atoms with Gasteiger partial charge in [-0.2, -0.15) is 4.98 Å². The van der Waals surface area contributed by atoms with Gasteiger partial charge in [0.1, 0.15) is 5.82 Å². The summed E-state index contributed by atoms with van der Waals surface area (Å²) in [6, 6.07) is 3.82. The van der Waals surface area contributed by atoms with Crippen molar-refractivity contribution in [1.29, 1.82) is 0 Å². The minimum atomic E-state index is 0.0826. The van der Waals surface area contributed by atoms with Crippen molar-refractivity contribution in [2.45, 2.75) is 25.8 Å². The lowest BCUT2D eigenvalue weighted by molar-refractivity contribution is 0.103. The molecule has 1 fully saturated rings. The Hall–Kier alpha value is -1.99. The highest BCUT2D eigenvalue weighted by atomic mass is 16.5. The predicted molar refractivity (Wildman–Crippen MR) is 80.7 cm³/mol. The van der Waals surface area contributed by atoms with E-state index in [0.29, 0.717) is 38.1 Å². The number of hydrogen-bond donors (Lipinski definition) is 1. The van der Waals surface area contributed by atoms with Gasteiger partial charge in [0.05, 0.1) is 32.5 Å². The van der Waals surface area contributed by atoms with E-state index in [1.807, 2.05) is 26.0 Å². The Morgan fingerprint density at radius 2 is 2.00 bits per heavy atom. The quantitative estimate of drug-likeness (QED) is 0.926. The van der Waals surface area contributed by atoms with Gasteiger partial charge in [-0.05, 0) is 12.1 Å². The van der Waals surface area contributed by atoms with E-state index in [-0.39, 0.29) is 12.0 Å². The highest BCUT2D eigenvalue weighted by Crippen LogP contribution is 2.22. The van der Waals surface area contributed by atoms with Crippen molar-refractivity contribution < 1.29 is 14.0 Å². The average molecular weight is 304 g/mol. The number of nitrogens with zero attached hydrogens (tertiary/aromatic N) is 3. The Labute approximate surface area is 129 Å². The van der Waals surface area contributed by atoms with Gasteiger partial charge in [0, 0.05) is 17.7 Å². The zero-order valence-corrected chi connectivity index (χ0v) is 12.8. The first kappa shape index (κ1) is 14.9. The summed E-state index contributed by atoms with van der Waals surface area (Å²) in [5.74, 6) is 2.17. The standard InChI is InChI=1S/C15H20N4O3/c1-10(2)14-18-15(22-19-14)11-3-4-16-13(7-11)17-12-8-20-5-6-21-9-12/h3-4,7,10,12H,5-6,8-9H2,1-2H3,(H,16,17). The molecule has 118 valence electrons. The van der Waals surface area contributed by atoms with E-state index in [9.17, 15) is 0 Å². The summed E-state index contributed by atoms with van der Waals surface area (Å²) in [6.07, 6.45) is 1.72. The lowest BCUT2D eigenvalue weighted by atomic mass is 10.2. The van der Waals surface area contributed by atoms with Gasteiger partial charge in [-0.3, -0.25) is 0 Å². The smallest absolute Gasteiger partial charge is 0.258 e. The van der Waals surface area contributed by atoms with E-state index < -0.39 is 0 Å². The second-order valence-electron chi connectivity index (χ2n) is 5.53. The van der Waals surface area contributed by atoms with Crippen LogP contribution in [0.5, 0.6) is 0 Å². The monoisotopic (exact) mass is 304 g/mol. The fourth-order valence-electron chi connectivity index (χ4n) is 2.14. The molecule has 0 aliphatic carbocycles. The molecule has 0 aromatic carbocycles. The fourth-order valence-corrected chi connectivity index (χ4v) is 2.14. The van der Waals surface area contributed by atoms with Crippen molar-refractivity contribution >= 4 is 5.82 Å². The van der Waals surface area contributed by atoms with Crippen LogP contribution in [0.25, 0.3) is 11.5 Å². The summed E-state index contributed by atoms with van der Waals surface area (Å²) in [5, 5.41) is 7.29. The molecule has 1 N–H and O–H groups in total. The van der Waals surface area contributed by atoms with Crippen molar-refractivity contribution in [1.82, 2.24) is 15.1 Å². The SMILES string of the molecule is CC(C)c1noc(-c2ccnc(NC3COCCOC3)c2)n1. The minimum absolute atomic E-state index is 0.0826. The summed E-state index contributed by atoms with van der Waals surface area (Å²) in [6.45, 7) is 6.52. The molecule has 0 saturated carbocycles. The molecule has 0 bridgehead atoms. The molecule has 2 aromatic rings. The fraction of sp³-hybridized carbons (Fsp3) is 0.533. The number of anilines is 1. The molecule has 3 heterocycles. The Balaban J connectivity index is 1.73. The summed E-state index contributed by atoms with van der Waals surface area (Å²) in [5.41, 5.74) is 0.840. The van der Waals surface area contributed by atoms with Gasteiger partial charge in [0.2, 0.25) is 0 Å². The van der Waals surface area contributed by atoms with Crippen molar-refractivity contribution in [2.24, 2.45) is 0 Å². The molecule has 0 amide bonds. The zero-order valence-electron chi connectivity index (χ0n) is 12.8. The maximum absolute atomic E-state index is 5.47. The summed E-state index contributed by atoms with van der Waals surface area (Å²) < 4.78 is 16.2. The van der Waals surface area contributed by atoms with E-state index in [1.54, 1.807) is 6.20 Å². The molecule has 1 saturated heterocycles. The van der Waals surface area contributed by atoms with Crippen LogP contribution < -0.4 is 5.32 Å². The highest BCUT2D eigenvalue weighted by Gasteiger charge is 2.15. The van der Waals surface area contributed by atoms with Gasteiger partial charge in [-0.1, -0.05) is 19.0 Å². The van der Waals surface area contributed by atoms with Crippen molar-refractivity contribution in [3.63, 3.8) is 0 Å². The first-order valence-corrected chi connectivity index (χ1v) is 7.44. The number of pyridine rings is 1. The average Bonchev–Trinajstić information content (AvgIpc) is 2.88. The molecular formula is C15H20N4O3. The lowest BCUT2D eigenvalue weighted by Crippen LogP contribution is -2.28. The number of aromatic nitrogens is 3. The van der Waals surface area contributed by atoms with Gasteiger partial charge in [0.25, 0.3) is 5.89 Å².